The highest BCUT2D eigenvalue weighted by atomic mass is 16.7. The Labute approximate surface area is 80.4 Å². The van der Waals surface area contributed by atoms with Gasteiger partial charge in [0.25, 0.3) is 0 Å². The molecule has 3 heteroatoms. The van der Waals surface area contributed by atoms with E-state index in [4.69, 9.17) is 4.74 Å². The molecular formula is C10H20O3. The Morgan fingerprint density at radius 2 is 2.15 bits per heavy atom. The van der Waals surface area contributed by atoms with Gasteiger partial charge in [0.1, 0.15) is 0 Å². The van der Waals surface area contributed by atoms with E-state index >= 15 is 0 Å². The van der Waals surface area contributed by atoms with Crippen LogP contribution in [0.2, 0.25) is 0 Å². The van der Waals surface area contributed by atoms with E-state index in [1.54, 1.807) is 13.2 Å². The van der Waals surface area contributed by atoms with Crippen molar-refractivity contribution in [2.45, 2.75) is 38.7 Å². The minimum absolute atomic E-state index is 0.234. The molecule has 0 aliphatic rings. The summed E-state index contributed by atoms with van der Waals surface area (Å²) in [6, 6.07) is 0. The van der Waals surface area contributed by atoms with Crippen LogP contribution in [0.3, 0.4) is 0 Å². The molecule has 1 atom stereocenters. The van der Waals surface area contributed by atoms with Crippen molar-refractivity contribution >= 4 is 0 Å². The van der Waals surface area contributed by atoms with Crippen molar-refractivity contribution in [2.24, 2.45) is 0 Å². The highest BCUT2D eigenvalue weighted by molar-refractivity contribution is 4.82. The lowest BCUT2D eigenvalue weighted by atomic mass is 10.1. The van der Waals surface area contributed by atoms with Gasteiger partial charge in [-0.1, -0.05) is 26.2 Å². The van der Waals surface area contributed by atoms with Gasteiger partial charge in [0.15, 0.2) is 6.79 Å². The van der Waals surface area contributed by atoms with Crippen LogP contribution in [0.5, 0.6) is 0 Å². The summed E-state index contributed by atoms with van der Waals surface area (Å²) in [5, 5.41) is 9.37. The van der Waals surface area contributed by atoms with Gasteiger partial charge in [0, 0.05) is 7.11 Å². The maximum Gasteiger partial charge on any atom is 0.187 e. The Morgan fingerprint density at radius 3 is 2.77 bits per heavy atom. The Bertz CT molecular complexity index is 123. The lowest BCUT2D eigenvalue weighted by Gasteiger charge is -2.04. The summed E-state index contributed by atoms with van der Waals surface area (Å²) >= 11 is 0. The predicted molar refractivity (Wildman–Crippen MR) is 52.2 cm³/mol. The van der Waals surface area contributed by atoms with Crippen molar-refractivity contribution in [3.05, 3.63) is 12.3 Å². The van der Waals surface area contributed by atoms with Gasteiger partial charge in [-0.15, -0.1) is 0 Å². The normalized spacial score (nSPS) is 13.5. The molecule has 0 aromatic heterocycles. The number of hydrogen-bond acceptors (Lipinski definition) is 3. The predicted octanol–water partition coefficient (Wildman–Crippen LogP) is 2.06. The van der Waals surface area contributed by atoms with E-state index in [1.807, 2.05) is 0 Å². The molecule has 0 radical (unpaired) electrons. The molecule has 0 rings (SSSR count). The fourth-order valence-electron chi connectivity index (χ4n) is 0.953. The second kappa shape index (κ2) is 9.55. The van der Waals surface area contributed by atoms with Crippen LogP contribution < -0.4 is 0 Å². The van der Waals surface area contributed by atoms with E-state index < -0.39 is 0 Å². The largest absolute Gasteiger partial charge is 0.475 e. The van der Waals surface area contributed by atoms with Crippen molar-refractivity contribution in [2.75, 3.05) is 13.9 Å². The zero-order valence-corrected chi connectivity index (χ0v) is 8.53. The van der Waals surface area contributed by atoms with Crippen LogP contribution in [0.25, 0.3) is 0 Å². The molecule has 0 aromatic carbocycles. The van der Waals surface area contributed by atoms with Crippen molar-refractivity contribution in [1.29, 1.82) is 0 Å². The lowest BCUT2D eigenvalue weighted by Crippen LogP contribution is -2.02. The first-order valence-electron chi connectivity index (χ1n) is 4.76. The van der Waals surface area contributed by atoms with E-state index in [2.05, 4.69) is 11.7 Å². The molecule has 0 heterocycles. The van der Waals surface area contributed by atoms with Crippen LogP contribution in [-0.2, 0) is 9.47 Å². The van der Waals surface area contributed by atoms with Crippen LogP contribution in [0, 0.1) is 0 Å². The molecular weight excluding hydrogens is 168 g/mol. The van der Waals surface area contributed by atoms with E-state index in [9.17, 15) is 5.11 Å². The van der Waals surface area contributed by atoms with E-state index in [1.165, 1.54) is 19.1 Å². The number of methoxy groups -OCH3 is 1. The first-order valence-corrected chi connectivity index (χ1v) is 4.76. The number of aliphatic hydroxyl groups excluding tert-OH is 1. The Balaban J connectivity index is 3.27. The van der Waals surface area contributed by atoms with E-state index in [0.717, 1.165) is 12.8 Å². The minimum Gasteiger partial charge on any atom is -0.475 e. The lowest BCUT2D eigenvalue weighted by molar-refractivity contribution is 0.0186. The average molecular weight is 188 g/mol. The summed E-state index contributed by atoms with van der Waals surface area (Å²) < 4.78 is 9.56. The molecule has 0 bridgehead atoms. The average Bonchev–Trinajstić information content (AvgIpc) is 2.13. The molecule has 1 unspecified atom stereocenters. The van der Waals surface area contributed by atoms with Gasteiger partial charge in [-0.2, -0.15) is 0 Å². The van der Waals surface area contributed by atoms with Crippen LogP contribution in [0.1, 0.15) is 32.6 Å². The first-order chi connectivity index (χ1) is 6.31. The van der Waals surface area contributed by atoms with E-state index in [-0.39, 0.29) is 12.9 Å². The van der Waals surface area contributed by atoms with Gasteiger partial charge in [-0.25, -0.2) is 0 Å². The topological polar surface area (TPSA) is 38.7 Å². The van der Waals surface area contributed by atoms with Gasteiger partial charge in [0.05, 0.1) is 12.4 Å². The summed E-state index contributed by atoms with van der Waals surface area (Å²) in [6.07, 6.45) is 6.96. The van der Waals surface area contributed by atoms with Gasteiger partial charge < -0.3 is 14.6 Å². The second-order valence-corrected chi connectivity index (χ2v) is 2.96. The summed E-state index contributed by atoms with van der Waals surface area (Å²) in [5.74, 6) is 0. The van der Waals surface area contributed by atoms with Gasteiger partial charge >= 0.3 is 0 Å². The molecule has 78 valence electrons. The number of aliphatic hydroxyl groups is 1. The second-order valence-electron chi connectivity index (χ2n) is 2.96. The van der Waals surface area contributed by atoms with Gasteiger partial charge in [-0.05, 0) is 12.5 Å². The minimum atomic E-state index is -0.386. The van der Waals surface area contributed by atoms with Crippen LogP contribution in [0.4, 0.5) is 0 Å². The molecule has 0 amide bonds. The molecule has 1 N–H and O–H groups in total. The maximum atomic E-state index is 9.37. The molecule has 0 aliphatic carbocycles. The standard InChI is InChI=1S/C10H20O3/c1-3-4-5-6-10(11)7-8-13-9-12-2/h7-8,10-11H,3-6,9H2,1-2H3/b8-7-. The summed E-state index contributed by atoms with van der Waals surface area (Å²) in [4.78, 5) is 0. The van der Waals surface area contributed by atoms with Crippen LogP contribution in [0.15, 0.2) is 12.3 Å². The van der Waals surface area contributed by atoms with Gasteiger partial charge in [-0.3, -0.25) is 0 Å². The molecule has 0 aliphatic heterocycles. The Kier molecular flexibility index (Phi) is 9.15. The van der Waals surface area contributed by atoms with Crippen LogP contribution >= 0.6 is 0 Å². The quantitative estimate of drug-likeness (QED) is 0.360. The zero-order chi connectivity index (χ0) is 9.94. The number of rotatable bonds is 8. The maximum absolute atomic E-state index is 9.37. The summed E-state index contributed by atoms with van der Waals surface area (Å²) in [6.45, 7) is 2.38. The summed E-state index contributed by atoms with van der Waals surface area (Å²) in [5.41, 5.74) is 0. The highest BCUT2D eigenvalue weighted by Crippen LogP contribution is 2.03. The molecule has 0 saturated heterocycles. The molecule has 3 nitrogen and oxygen atoms in total. The zero-order valence-electron chi connectivity index (χ0n) is 8.53. The number of hydrogen-bond donors (Lipinski definition) is 1. The number of ether oxygens (including phenoxy) is 2. The molecule has 13 heavy (non-hydrogen) atoms. The SMILES string of the molecule is CCCCCC(O)/C=C\OCOC. The molecule has 0 aromatic rings. The third-order valence-corrected chi connectivity index (χ3v) is 1.69. The molecule has 0 spiro atoms. The summed E-state index contributed by atoms with van der Waals surface area (Å²) in [7, 11) is 1.56. The van der Waals surface area contributed by atoms with Crippen LogP contribution in [-0.4, -0.2) is 25.1 Å². The monoisotopic (exact) mass is 188 g/mol. The molecule has 0 saturated carbocycles. The van der Waals surface area contributed by atoms with Gasteiger partial charge in [0.2, 0.25) is 0 Å². The van der Waals surface area contributed by atoms with E-state index in [0.29, 0.717) is 0 Å². The Morgan fingerprint density at radius 1 is 1.38 bits per heavy atom. The highest BCUT2D eigenvalue weighted by Gasteiger charge is 1.97. The number of unbranched alkanes of at least 4 members (excludes halogenated alkanes) is 2. The fraction of sp³-hybridized carbons (Fsp3) is 0.800. The Hall–Kier alpha value is -0.540. The first kappa shape index (κ1) is 12.5. The van der Waals surface area contributed by atoms with Crippen molar-refractivity contribution in [1.82, 2.24) is 0 Å². The smallest absolute Gasteiger partial charge is 0.187 e. The fourth-order valence-corrected chi connectivity index (χ4v) is 0.953. The third kappa shape index (κ3) is 9.37. The van der Waals surface area contributed by atoms with Crippen molar-refractivity contribution < 1.29 is 14.6 Å². The van der Waals surface area contributed by atoms with Crippen molar-refractivity contribution in [3.63, 3.8) is 0 Å². The molecule has 0 fully saturated rings. The van der Waals surface area contributed by atoms with Crippen molar-refractivity contribution in [3.8, 4) is 0 Å². The third-order valence-electron chi connectivity index (χ3n) is 1.69.